The molecule has 0 fully saturated rings. The molecule has 0 saturated carbocycles. The van der Waals surface area contributed by atoms with Gasteiger partial charge < -0.3 is 9.47 Å². The van der Waals surface area contributed by atoms with Gasteiger partial charge in [-0.25, -0.2) is 4.79 Å². The van der Waals surface area contributed by atoms with Crippen LogP contribution in [0.25, 0.3) is 0 Å². The largest absolute Gasteiger partial charge is 0.508 e. The molecule has 0 rings (SSSR count). The molecule has 0 amide bonds. The quantitative estimate of drug-likeness (QED) is 0.104. The standard InChI is InChI=1S/C25H54O3Si4/c1-11-29(3,4)21-15-23-31(7,8)19-13-17-27-25(26)28-18-14-20-32(9,10)24-16-22-30(5,6)12-2/h11-12H,1-2,13-24H2,3-10H3. The molecular weight excluding hydrogens is 461 g/mol. The summed E-state index contributed by atoms with van der Waals surface area (Å²) in [7, 11) is -4.76. The number of rotatable bonds is 18. The van der Waals surface area contributed by atoms with E-state index in [9.17, 15) is 4.79 Å². The number of carbonyl (C=O) groups is 1. The van der Waals surface area contributed by atoms with Crippen LogP contribution in [0.5, 0.6) is 0 Å². The van der Waals surface area contributed by atoms with Gasteiger partial charge in [-0.15, -0.1) is 24.6 Å². The summed E-state index contributed by atoms with van der Waals surface area (Å²) in [6.45, 7) is 28.4. The molecule has 0 radical (unpaired) electrons. The Labute approximate surface area is 204 Å². The summed E-state index contributed by atoms with van der Waals surface area (Å²) in [4.78, 5) is 11.9. The topological polar surface area (TPSA) is 35.5 Å². The first-order chi connectivity index (χ1) is 14.6. The van der Waals surface area contributed by atoms with Crippen molar-refractivity contribution in [3.63, 3.8) is 0 Å². The molecular formula is C25H54O3Si4. The second-order valence-electron chi connectivity index (χ2n) is 12.6. The van der Waals surface area contributed by atoms with E-state index in [0.29, 0.717) is 13.2 Å². The van der Waals surface area contributed by atoms with Crippen LogP contribution in [-0.2, 0) is 9.47 Å². The maximum absolute atomic E-state index is 11.9. The zero-order chi connectivity index (χ0) is 24.9. The average molecular weight is 515 g/mol. The monoisotopic (exact) mass is 514 g/mol. The lowest BCUT2D eigenvalue weighted by atomic mass is 10.5. The molecule has 0 aromatic carbocycles. The summed E-state index contributed by atoms with van der Waals surface area (Å²) in [5.74, 6) is 0. The highest BCUT2D eigenvalue weighted by Gasteiger charge is 2.24. The lowest BCUT2D eigenvalue weighted by molar-refractivity contribution is 0.0553. The highest BCUT2D eigenvalue weighted by Crippen LogP contribution is 2.25. The molecule has 0 atom stereocenters. The normalized spacial score (nSPS) is 13.0. The van der Waals surface area contributed by atoms with Gasteiger partial charge in [0.15, 0.2) is 0 Å². The summed E-state index contributed by atoms with van der Waals surface area (Å²) in [5, 5.41) is 0. The Morgan fingerprint density at radius 1 is 0.594 bits per heavy atom. The Balaban J connectivity index is 3.90. The maximum Gasteiger partial charge on any atom is 0.508 e. The fraction of sp³-hybridized carbons (Fsp3) is 0.800. The van der Waals surface area contributed by atoms with Crippen LogP contribution in [0.2, 0.25) is 88.6 Å². The van der Waals surface area contributed by atoms with E-state index in [-0.39, 0.29) is 0 Å². The zero-order valence-electron chi connectivity index (χ0n) is 22.8. The molecule has 188 valence electrons. The molecule has 0 aliphatic rings. The van der Waals surface area contributed by atoms with Crippen LogP contribution in [0.3, 0.4) is 0 Å². The van der Waals surface area contributed by atoms with Crippen molar-refractivity contribution >= 4 is 38.5 Å². The number of hydrogen-bond acceptors (Lipinski definition) is 3. The van der Waals surface area contributed by atoms with Crippen molar-refractivity contribution in [2.75, 3.05) is 13.2 Å². The van der Waals surface area contributed by atoms with Crippen molar-refractivity contribution in [1.29, 1.82) is 0 Å². The second kappa shape index (κ2) is 14.8. The predicted molar refractivity (Wildman–Crippen MR) is 155 cm³/mol. The molecule has 0 aromatic rings. The van der Waals surface area contributed by atoms with E-state index < -0.39 is 38.5 Å². The van der Waals surface area contributed by atoms with Crippen LogP contribution in [0.15, 0.2) is 24.6 Å². The summed E-state index contributed by atoms with van der Waals surface area (Å²) in [6, 6.07) is 7.81. The van der Waals surface area contributed by atoms with Gasteiger partial charge in [-0.3, -0.25) is 0 Å². The number of hydrogen-bond donors (Lipinski definition) is 0. The summed E-state index contributed by atoms with van der Waals surface area (Å²) < 4.78 is 10.6. The van der Waals surface area contributed by atoms with Crippen LogP contribution < -0.4 is 0 Å². The van der Waals surface area contributed by atoms with E-state index in [1.54, 1.807) is 0 Å². The summed E-state index contributed by atoms with van der Waals surface area (Å²) in [5.41, 5.74) is 4.41. The summed E-state index contributed by atoms with van der Waals surface area (Å²) in [6.07, 6.45) is 4.07. The third-order valence-electron chi connectivity index (χ3n) is 6.89. The van der Waals surface area contributed by atoms with Crippen LogP contribution in [0.4, 0.5) is 4.79 Å². The minimum absolute atomic E-state index is 0.485. The Hall–Kier alpha value is -0.382. The van der Waals surface area contributed by atoms with Gasteiger partial charge in [0.2, 0.25) is 0 Å². The molecule has 7 heteroatoms. The van der Waals surface area contributed by atoms with E-state index in [4.69, 9.17) is 9.47 Å². The van der Waals surface area contributed by atoms with Crippen LogP contribution in [0, 0.1) is 0 Å². The minimum Gasteiger partial charge on any atom is -0.434 e. The van der Waals surface area contributed by atoms with Gasteiger partial charge in [-0.05, 0) is 12.8 Å². The van der Waals surface area contributed by atoms with Crippen molar-refractivity contribution < 1.29 is 14.3 Å². The van der Waals surface area contributed by atoms with Crippen molar-refractivity contribution in [3.8, 4) is 0 Å². The van der Waals surface area contributed by atoms with E-state index in [0.717, 1.165) is 12.8 Å². The second-order valence-corrected chi connectivity index (χ2v) is 33.0. The molecule has 0 aromatic heterocycles. The Morgan fingerprint density at radius 3 is 1.22 bits per heavy atom. The van der Waals surface area contributed by atoms with Gasteiger partial charge in [-0.1, -0.05) is 101 Å². The van der Waals surface area contributed by atoms with Crippen LogP contribution in [-0.4, -0.2) is 51.7 Å². The van der Waals surface area contributed by atoms with Gasteiger partial charge in [0, 0.05) is 16.1 Å². The molecule has 3 nitrogen and oxygen atoms in total. The molecule has 0 heterocycles. The summed E-state index contributed by atoms with van der Waals surface area (Å²) >= 11 is 0. The first kappa shape index (κ1) is 31.6. The smallest absolute Gasteiger partial charge is 0.434 e. The molecule has 0 saturated heterocycles. The first-order valence-electron chi connectivity index (χ1n) is 12.7. The molecule has 0 aliphatic carbocycles. The lowest BCUT2D eigenvalue weighted by Gasteiger charge is -2.25. The molecule has 0 aliphatic heterocycles. The SMILES string of the molecule is C=C[Si](C)(C)CCC[Si](C)(C)CCCOC(=O)OCCC[Si](C)(C)CCC[Si](C)(C)C=C. The number of carbonyl (C=O) groups excluding carboxylic acids is 1. The van der Waals surface area contributed by atoms with Crippen molar-refractivity contribution in [2.24, 2.45) is 0 Å². The molecule has 0 spiro atoms. The lowest BCUT2D eigenvalue weighted by Crippen LogP contribution is -2.28. The Morgan fingerprint density at radius 2 is 0.906 bits per heavy atom. The van der Waals surface area contributed by atoms with Crippen LogP contribution >= 0.6 is 0 Å². The van der Waals surface area contributed by atoms with Crippen LogP contribution in [0.1, 0.15) is 25.7 Å². The molecule has 0 bridgehead atoms. The fourth-order valence-electron chi connectivity index (χ4n) is 3.95. The molecule has 32 heavy (non-hydrogen) atoms. The Bertz CT molecular complexity index is 524. The predicted octanol–water partition coefficient (Wildman–Crippen LogP) is 8.98. The maximum atomic E-state index is 11.9. The van der Waals surface area contributed by atoms with E-state index in [2.05, 4.69) is 76.9 Å². The fourth-order valence-corrected chi connectivity index (χ4v) is 12.2. The molecule has 0 unspecified atom stereocenters. The third-order valence-corrected chi connectivity index (χ3v) is 19.2. The Kier molecular flexibility index (Phi) is 14.6. The van der Waals surface area contributed by atoms with Gasteiger partial charge in [0.25, 0.3) is 0 Å². The van der Waals surface area contributed by atoms with E-state index >= 15 is 0 Å². The van der Waals surface area contributed by atoms with Gasteiger partial charge in [-0.2, -0.15) is 0 Å². The van der Waals surface area contributed by atoms with Crippen molar-refractivity contribution in [3.05, 3.63) is 24.6 Å². The minimum atomic E-state index is -1.21. The highest BCUT2D eigenvalue weighted by molar-refractivity contribution is 6.83. The zero-order valence-corrected chi connectivity index (χ0v) is 26.8. The highest BCUT2D eigenvalue weighted by atomic mass is 28.3. The van der Waals surface area contributed by atoms with Crippen molar-refractivity contribution in [2.45, 2.75) is 114 Å². The average Bonchev–Trinajstić information content (AvgIpc) is 2.68. The van der Waals surface area contributed by atoms with Gasteiger partial charge in [0.05, 0.1) is 29.4 Å². The third kappa shape index (κ3) is 17.1. The molecule has 0 N–H and O–H groups in total. The van der Waals surface area contributed by atoms with E-state index in [1.807, 2.05) is 0 Å². The van der Waals surface area contributed by atoms with Gasteiger partial charge >= 0.3 is 6.16 Å². The first-order valence-corrected chi connectivity index (χ1v) is 26.1. The van der Waals surface area contributed by atoms with Gasteiger partial charge in [0.1, 0.15) is 0 Å². The van der Waals surface area contributed by atoms with Crippen molar-refractivity contribution in [1.82, 2.24) is 0 Å². The van der Waals surface area contributed by atoms with E-state index in [1.165, 1.54) is 49.1 Å². The number of ether oxygens (including phenoxy) is 2.